The molecule has 1 heterocycles. The summed E-state index contributed by atoms with van der Waals surface area (Å²) in [5.41, 5.74) is 4.92. The fraction of sp³-hybridized carbons (Fsp3) is 0.357. The number of aliphatic hydroxyl groups is 1. The van der Waals surface area contributed by atoms with E-state index in [1.807, 2.05) is 35.1 Å². The van der Waals surface area contributed by atoms with Crippen LogP contribution >= 0.6 is 0 Å². The lowest BCUT2D eigenvalue weighted by Crippen LogP contribution is -2.45. The van der Waals surface area contributed by atoms with Gasteiger partial charge in [-0.3, -0.25) is 4.79 Å². The predicted octanol–water partition coefficient (Wildman–Crippen LogP) is 4.83. The summed E-state index contributed by atoms with van der Waals surface area (Å²) < 4.78 is 20.1. The largest absolute Gasteiger partial charge is 0.469 e. The third-order valence-electron chi connectivity index (χ3n) is 7.84. The molecule has 5 rings (SSSR count). The van der Waals surface area contributed by atoms with Crippen molar-refractivity contribution in [3.05, 3.63) is 88.5 Å². The van der Waals surface area contributed by atoms with Crippen LogP contribution in [-0.4, -0.2) is 33.6 Å². The van der Waals surface area contributed by atoms with Crippen LogP contribution in [0.2, 0.25) is 0 Å². The van der Waals surface area contributed by atoms with Gasteiger partial charge in [0.25, 0.3) is 0 Å². The SMILES string of the molecule is COC(=O)Cc1ccccc1CC[C@]1(O)CCC2=Cc3c(cnn3-c3ccc(F)cc3)CC21C. The Morgan fingerprint density at radius 2 is 1.91 bits per heavy atom. The molecule has 1 N–H and O–H groups in total. The van der Waals surface area contributed by atoms with Gasteiger partial charge in [0, 0.05) is 5.41 Å². The molecule has 2 atom stereocenters. The number of rotatable bonds is 6. The van der Waals surface area contributed by atoms with Gasteiger partial charge in [-0.15, -0.1) is 0 Å². The number of esters is 1. The van der Waals surface area contributed by atoms with E-state index in [2.05, 4.69) is 18.1 Å². The number of benzene rings is 2. The van der Waals surface area contributed by atoms with Crippen LogP contribution in [0.15, 0.2) is 60.3 Å². The minimum atomic E-state index is -0.854. The summed E-state index contributed by atoms with van der Waals surface area (Å²) in [6.45, 7) is 2.16. The number of hydrogen-bond acceptors (Lipinski definition) is 4. The van der Waals surface area contributed by atoms with E-state index in [1.54, 1.807) is 12.1 Å². The van der Waals surface area contributed by atoms with Crippen LogP contribution in [0.5, 0.6) is 0 Å². The molecule has 1 fully saturated rings. The van der Waals surface area contributed by atoms with Crippen molar-refractivity contribution in [3.63, 3.8) is 0 Å². The van der Waals surface area contributed by atoms with E-state index in [0.29, 0.717) is 25.7 Å². The van der Waals surface area contributed by atoms with Crippen molar-refractivity contribution in [2.24, 2.45) is 5.41 Å². The number of hydrogen-bond donors (Lipinski definition) is 1. The Kier molecular flexibility index (Phi) is 5.64. The molecule has 0 bridgehead atoms. The Hall–Kier alpha value is -3.25. The van der Waals surface area contributed by atoms with Crippen molar-refractivity contribution in [1.29, 1.82) is 0 Å². The van der Waals surface area contributed by atoms with Crippen LogP contribution in [0.25, 0.3) is 11.8 Å². The lowest BCUT2D eigenvalue weighted by molar-refractivity contribution is -0.139. The first-order valence-corrected chi connectivity index (χ1v) is 11.7. The van der Waals surface area contributed by atoms with Gasteiger partial charge in [0.05, 0.1) is 36.7 Å². The van der Waals surface area contributed by atoms with Crippen molar-refractivity contribution in [1.82, 2.24) is 9.78 Å². The first-order chi connectivity index (χ1) is 16.3. The molecule has 34 heavy (non-hydrogen) atoms. The zero-order valence-electron chi connectivity index (χ0n) is 19.6. The van der Waals surface area contributed by atoms with Crippen molar-refractivity contribution < 1.29 is 19.0 Å². The summed E-state index contributed by atoms with van der Waals surface area (Å²) in [5, 5.41) is 16.5. The fourth-order valence-electron chi connectivity index (χ4n) is 5.66. The zero-order chi connectivity index (χ0) is 23.9. The Bertz CT molecular complexity index is 1260. The molecule has 6 heteroatoms. The van der Waals surface area contributed by atoms with Crippen molar-refractivity contribution in [3.8, 4) is 5.69 Å². The average Bonchev–Trinajstić information content (AvgIpc) is 3.35. The molecule has 2 aromatic carbocycles. The van der Waals surface area contributed by atoms with Gasteiger partial charge in [0.1, 0.15) is 5.82 Å². The molecule has 2 aliphatic carbocycles. The third kappa shape index (κ3) is 3.76. The normalized spacial score (nSPS) is 23.2. The van der Waals surface area contributed by atoms with Crippen LogP contribution < -0.4 is 0 Å². The van der Waals surface area contributed by atoms with E-state index < -0.39 is 5.60 Å². The quantitative estimate of drug-likeness (QED) is 0.535. The van der Waals surface area contributed by atoms with Crippen molar-refractivity contribution in [2.75, 3.05) is 7.11 Å². The standard InChI is InChI=1S/C28H29FN2O3/c1-27-17-21-18-30-31(24-9-7-23(29)8-10-24)25(21)16-22(27)12-14-28(27,33)13-11-19-5-3-4-6-20(19)15-26(32)34-2/h3-10,16,18,33H,11-15,17H2,1-2H3/t27?,28-/m0/s1. The number of nitrogens with zero attached hydrogens (tertiary/aromatic N) is 2. The van der Waals surface area contributed by atoms with Crippen LogP contribution in [0, 0.1) is 11.2 Å². The van der Waals surface area contributed by atoms with Gasteiger partial charge in [-0.05, 0) is 79.1 Å². The molecule has 0 saturated heterocycles. The molecule has 3 aromatic rings. The van der Waals surface area contributed by atoms with E-state index in [-0.39, 0.29) is 23.6 Å². The highest BCUT2D eigenvalue weighted by molar-refractivity contribution is 5.72. The van der Waals surface area contributed by atoms with Gasteiger partial charge in [0.15, 0.2) is 0 Å². The minimum absolute atomic E-state index is 0.236. The van der Waals surface area contributed by atoms with Crippen molar-refractivity contribution in [2.45, 2.75) is 51.0 Å². The molecular formula is C28H29FN2O3. The Labute approximate surface area is 198 Å². The smallest absolute Gasteiger partial charge is 0.309 e. The molecule has 1 saturated carbocycles. The highest BCUT2D eigenvalue weighted by Crippen LogP contribution is 2.56. The maximum absolute atomic E-state index is 13.4. The Morgan fingerprint density at radius 1 is 1.18 bits per heavy atom. The van der Waals surface area contributed by atoms with Gasteiger partial charge >= 0.3 is 5.97 Å². The summed E-state index contributed by atoms with van der Waals surface area (Å²) in [5.74, 6) is -0.535. The van der Waals surface area contributed by atoms with Gasteiger partial charge in [0.2, 0.25) is 0 Å². The van der Waals surface area contributed by atoms with E-state index in [4.69, 9.17) is 4.74 Å². The summed E-state index contributed by atoms with van der Waals surface area (Å²) in [6.07, 6.45) is 7.79. The third-order valence-corrected chi connectivity index (χ3v) is 7.84. The summed E-state index contributed by atoms with van der Waals surface area (Å²) >= 11 is 0. The lowest BCUT2D eigenvalue weighted by atomic mass is 9.65. The molecule has 0 aliphatic heterocycles. The number of ether oxygens (including phenoxy) is 1. The average molecular weight is 461 g/mol. The fourth-order valence-corrected chi connectivity index (χ4v) is 5.66. The maximum Gasteiger partial charge on any atom is 0.309 e. The van der Waals surface area contributed by atoms with E-state index in [9.17, 15) is 14.3 Å². The van der Waals surface area contributed by atoms with Crippen LogP contribution in [0.4, 0.5) is 4.39 Å². The molecule has 2 aliphatic rings. The number of carbonyl (C=O) groups is 1. The van der Waals surface area contributed by atoms with Gasteiger partial charge in [-0.2, -0.15) is 5.10 Å². The molecule has 176 valence electrons. The van der Waals surface area contributed by atoms with Crippen molar-refractivity contribution >= 4 is 12.0 Å². The van der Waals surface area contributed by atoms with E-state index >= 15 is 0 Å². The number of methoxy groups -OCH3 is 1. The minimum Gasteiger partial charge on any atom is -0.469 e. The monoisotopic (exact) mass is 460 g/mol. The van der Waals surface area contributed by atoms with Crippen LogP contribution in [0.1, 0.15) is 48.6 Å². The molecule has 0 amide bonds. The van der Waals surface area contributed by atoms with Crippen LogP contribution in [0.3, 0.4) is 0 Å². The predicted molar refractivity (Wildman–Crippen MR) is 128 cm³/mol. The van der Waals surface area contributed by atoms with Gasteiger partial charge in [-0.1, -0.05) is 36.8 Å². The van der Waals surface area contributed by atoms with E-state index in [0.717, 1.165) is 34.5 Å². The molecule has 0 spiro atoms. The molecular weight excluding hydrogens is 431 g/mol. The molecule has 1 unspecified atom stereocenters. The van der Waals surface area contributed by atoms with E-state index in [1.165, 1.54) is 24.8 Å². The Balaban J connectivity index is 1.39. The second-order valence-electron chi connectivity index (χ2n) is 9.67. The molecule has 1 aromatic heterocycles. The topological polar surface area (TPSA) is 64.3 Å². The maximum atomic E-state index is 13.4. The first kappa shape index (κ1) is 22.5. The number of fused-ring (bicyclic) bond motifs is 2. The second-order valence-corrected chi connectivity index (χ2v) is 9.67. The van der Waals surface area contributed by atoms with Gasteiger partial charge < -0.3 is 9.84 Å². The summed E-state index contributed by atoms with van der Waals surface area (Å²) in [6, 6.07) is 14.2. The number of aromatic nitrogens is 2. The molecule has 5 nitrogen and oxygen atoms in total. The highest BCUT2D eigenvalue weighted by atomic mass is 19.1. The zero-order valence-corrected chi connectivity index (χ0v) is 19.6. The molecule has 0 radical (unpaired) electrons. The number of aryl methyl sites for hydroxylation is 1. The lowest BCUT2D eigenvalue weighted by Gasteiger charge is -2.42. The number of halogens is 1. The summed E-state index contributed by atoms with van der Waals surface area (Å²) in [4.78, 5) is 11.8. The highest BCUT2D eigenvalue weighted by Gasteiger charge is 2.54. The van der Waals surface area contributed by atoms with Gasteiger partial charge in [-0.25, -0.2) is 9.07 Å². The second kappa shape index (κ2) is 8.51. The first-order valence-electron chi connectivity index (χ1n) is 11.7. The number of carbonyl (C=O) groups excluding carboxylic acids is 1. The summed E-state index contributed by atoms with van der Waals surface area (Å²) in [7, 11) is 1.40. The Morgan fingerprint density at radius 3 is 2.65 bits per heavy atom. The van der Waals surface area contributed by atoms with Crippen LogP contribution in [-0.2, 0) is 28.8 Å².